The predicted molar refractivity (Wildman–Crippen MR) is 74.7 cm³/mol. The van der Waals surface area contributed by atoms with Gasteiger partial charge in [0.1, 0.15) is 0 Å². The first-order chi connectivity index (χ1) is 8.90. The maximum Gasteiger partial charge on any atom is 0.0949 e. The molecule has 0 saturated carbocycles. The van der Waals surface area contributed by atoms with Crippen LogP contribution in [0.3, 0.4) is 0 Å². The molecule has 0 bridgehead atoms. The molecule has 100 valence electrons. The van der Waals surface area contributed by atoms with Gasteiger partial charge in [0.25, 0.3) is 0 Å². The van der Waals surface area contributed by atoms with Crippen molar-refractivity contribution in [2.75, 3.05) is 39.8 Å². The molecule has 0 amide bonds. The number of ether oxygens (including phenoxy) is 1. The second-order valence-corrected chi connectivity index (χ2v) is 4.88. The van der Waals surface area contributed by atoms with E-state index in [0.29, 0.717) is 0 Å². The lowest BCUT2D eigenvalue weighted by Crippen LogP contribution is -2.27. The first kappa shape index (κ1) is 13.5. The molecule has 1 aliphatic rings. The van der Waals surface area contributed by atoms with Gasteiger partial charge in [-0.25, -0.2) is 0 Å². The average Bonchev–Trinajstić information content (AvgIpc) is 2.92. The summed E-state index contributed by atoms with van der Waals surface area (Å²) in [6, 6.07) is 10.5. The van der Waals surface area contributed by atoms with E-state index < -0.39 is 0 Å². The highest BCUT2D eigenvalue weighted by Crippen LogP contribution is 2.16. The van der Waals surface area contributed by atoms with Gasteiger partial charge in [0.2, 0.25) is 0 Å². The van der Waals surface area contributed by atoms with Gasteiger partial charge in [-0.3, -0.25) is 0 Å². The highest BCUT2D eigenvalue weighted by Gasteiger charge is 2.14. The van der Waals surface area contributed by atoms with Crippen LogP contribution in [-0.2, 0) is 4.74 Å². The molecule has 0 spiro atoms. The Hall–Kier alpha value is -0.900. The summed E-state index contributed by atoms with van der Waals surface area (Å²) < 4.78 is 6.03. The van der Waals surface area contributed by atoms with Gasteiger partial charge >= 0.3 is 0 Å². The molecule has 1 aliphatic heterocycles. The van der Waals surface area contributed by atoms with Gasteiger partial charge in [-0.15, -0.1) is 0 Å². The third kappa shape index (κ3) is 4.09. The Morgan fingerprint density at radius 1 is 1.22 bits per heavy atom. The Morgan fingerprint density at radius 2 is 1.94 bits per heavy atom. The van der Waals surface area contributed by atoms with Crippen LogP contribution in [0, 0.1) is 0 Å². The number of benzene rings is 1. The molecule has 3 heteroatoms. The Kier molecular flexibility index (Phi) is 5.65. The number of hydrogen-bond acceptors (Lipinski definition) is 3. The second-order valence-electron chi connectivity index (χ2n) is 4.88. The Morgan fingerprint density at radius 3 is 2.61 bits per heavy atom. The third-order valence-corrected chi connectivity index (χ3v) is 3.49. The van der Waals surface area contributed by atoms with Gasteiger partial charge in [0.15, 0.2) is 0 Å². The molecule has 1 aromatic carbocycles. The highest BCUT2D eigenvalue weighted by atomic mass is 16.5. The number of likely N-dealkylation sites (N-methyl/N-ethyl adjacent to an activating group) is 1. The Balaban J connectivity index is 1.79. The second kappa shape index (κ2) is 7.52. The van der Waals surface area contributed by atoms with Crippen LogP contribution in [0.25, 0.3) is 0 Å². The zero-order chi connectivity index (χ0) is 12.6. The van der Waals surface area contributed by atoms with Gasteiger partial charge in [-0.05, 0) is 38.5 Å². The summed E-state index contributed by atoms with van der Waals surface area (Å²) in [4.78, 5) is 2.49. The summed E-state index contributed by atoms with van der Waals surface area (Å²) in [5, 5.41) is 3.21. The molecular formula is C15H24N2O. The molecule has 1 atom stereocenters. The van der Waals surface area contributed by atoms with Crippen molar-refractivity contribution in [3.63, 3.8) is 0 Å². The van der Waals surface area contributed by atoms with Crippen LogP contribution in [0.4, 0.5) is 0 Å². The summed E-state index contributed by atoms with van der Waals surface area (Å²) in [6.07, 6.45) is 2.86. The van der Waals surface area contributed by atoms with Crippen LogP contribution in [0.15, 0.2) is 30.3 Å². The molecule has 1 saturated heterocycles. The van der Waals surface area contributed by atoms with Crippen molar-refractivity contribution in [1.82, 2.24) is 10.2 Å². The predicted octanol–water partition coefficient (Wildman–Crippen LogP) is 2.06. The molecule has 0 aromatic heterocycles. The zero-order valence-electron chi connectivity index (χ0n) is 11.3. The third-order valence-electron chi connectivity index (χ3n) is 3.49. The fourth-order valence-corrected chi connectivity index (χ4v) is 2.46. The lowest BCUT2D eigenvalue weighted by molar-refractivity contribution is 0.0413. The van der Waals surface area contributed by atoms with Gasteiger partial charge in [-0.1, -0.05) is 30.3 Å². The monoisotopic (exact) mass is 248 g/mol. The van der Waals surface area contributed by atoms with Crippen LogP contribution in [0.5, 0.6) is 0 Å². The minimum absolute atomic E-state index is 0.166. The number of hydrogen-bond donors (Lipinski definition) is 1. The van der Waals surface area contributed by atoms with Gasteiger partial charge < -0.3 is 15.0 Å². The minimum Gasteiger partial charge on any atom is -0.371 e. The Bertz CT molecular complexity index is 323. The number of nitrogens with one attached hydrogen (secondary N) is 1. The van der Waals surface area contributed by atoms with E-state index in [0.717, 1.165) is 19.7 Å². The lowest BCUT2D eigenvalue weighted by Gasteiger charge is -2.20. The van der Waals surface area contributed by atoms with Crippen LogP contribution in [0.2, 0.25) is 0 Å². The maximum atomic E-state index is 6.03. The molecule has 1 heterocycles. The number of likely N-dealkylation sites (tertiary alicyclic amines) is 1. The van der Waals surface area contributed by atoms with Gasteiger partial charge in [0.05, 0.1) is 12.7 Å². The van der Waals surface area contributed by atoms with Crippen LogP contribution < -0.4 is 5.32 Å². The van der Waals surface area contributed by atoms with Crippen molar-refractivity contribution in [3.05, 3.63) is 35.9 Å². The molecule has 0 aliphatic carbocycles. The molecule has 18 heavy (non-hydrogen) atoms. The van der Waals surface area contributed by atoms with E-state index in [1.807, 2.05) is 13.1 Å². The first-order valence-corrected chi connectivity index (χ1v) is 6.93. The minimum atomic E-state index is 0.166. The normalized spacial score (nSPS) is 18.1. The molecule has 3 nitrogen and oxygen atoms in total. The van der Waals surface area contributed by atoms with Gasteiger partial charge in [0, 0.05) is 13.1 Å². The van der Waals surface area contributed by atoms with Gasteiger partial charge in [-0.2, -0.15) is 0 Å². The first-order valence-electron chi connectivity index (χ1n) is 6.93. The van der Waals surface area contributed by atoms with E-state index in [4.69, 9.17) is 4.74 Å². The van der Waals surface area contributed by atoms with E-state index in [9.17, 15) is 0 Å². The van der Waals surface area contributed by atoms with Crippen molar-refractivity contribution in [1.29, 1.82) is 0 Å². The highest BCUT2D eigenvalue weighted by molar-refractivity contribution is 5.17. The van der Waals surface area contributed by atoms with E-state index in [1.165, 1.54) is 31.5 Å². The fraction of sp³-hybridized carbons (Fsp3) is 0.600. The largest absolute Gasteiger partial charge is 0.371 e. The average molecular weight is 248 g/mol. The molecule has 1 unspecified atom stereocenters. The molecule has 2 rings (SSSR count). The topological polar surface area (TPSA) is 24.5 Å². The number of nitrogens with zero attached hydrogens (tertiary/aromatic N) is 1. The van der Waals surface area contributed by atoms with Crippen molar-refractivity contribution in [2.45, 2.75) is 18.9 Å². The van der Waals surface area contributed by atoms with Crippen molar-refractivity contribution >= 4 is 0 Å². The van der Waals surface area contributed by atoms with Crippen LogP contribution in [-0.4, -0.2) is 44.7 Å². The van der Waals surface area contributed by atoms with E-state index in [2.05, 4.69) is 34.5 Å². The molecule has 0 radical (unpaired) electrons. The molecule has 1 aromatic rings. The Labute approximate surface area is 110 Å². The maximum absolute atomic E-state index is 6.03. The summed E-state index contributed by atoms with van der Waals surface area (Å²) in [5.41, 5.74) is 1.26. The van der Waals surface area contributed by atoms with Crippen molar-refractivity contribution in [2.24, 2.45) is 0 Å². The SMILES string of the molecule is CNCC(OCCN1CCCC1)c1ccccc1. The molecule has 1 fully saturated rings. The van der Waals surface area contributed by atoms with Crippen LogP contribution in [0.1, 0.15) is 24.5 Å². The summed E-state index contributed by atoms with van der Waals surface area (Å²) in [7, 11) is 1.97. The smallest absolute Gasteiger partial charge is 0.0949 e. The van der Waals surface area contributed by atoms with Crippen molar-refractivity contribution in [3.8, 4) is 0 Å². The standard InChI is InChI=1S/C15H24N2O/c1-16-13-15(14-7-3-2-4-8-14)18-12-11-17-9-5-6-10-17/h2-4,7-8,15-16H,5-6,9-13H2,1H3. The van der Waals surface area contributed by atoms with E-state index >= 15 is 0 Å². The quantitative estimate of drug-likeness (QED) is 0.799. The van der Waals surface area contributed by atoms with Crippen LogP contribution >= 0.6 is 0 Å². The number of rotatable bonds is 7. The summed E-state index contributed by atoms with van der Waals surface area (Å²) in [6.45, 7) is 5.23. The lowest BCUT2D eigenvalue weighted by atomic mass is 10.1. The summed E-state index contributed by atoms with van der Waals surface area (Å²) in [5.74, 6) is 0. The molecular weight excluding hydrogens is 224 g/mol. The summed E-state index contributed by atoms with van der Waals surface area (Å²) >= 11 is 0. The van der Waals surface area contributed by atoms with Crippen molar-refractivity contribution < 1.29 is 4.74 Å². The molecule has 1 N–H and O–H groups in total. The van der Waals surface area contributed by atoms with E-state index in [1.54, 1.807) is 0 Å². The fourth-order valence-electron chi connectivity index (χ4n) is 2.46. The van der Waals surface area contributed by atoms with E-state index in [-0.39, 0.29) is 6.10 Å². The zero-order valence-corrected chi connectivity index (χ0v) is 11.3.